The summed E-state index contributed by atoms with van der Waals surface area (Å²) >= 11 is 0. The maximum Gasteiger partial charge on any atom is 0.226 e. The van der Waals surface area contributed by atoms with Gasteiger partial charge in [0.15, 0.2) is 0 Å². The first-order valence-electron chi connectivity index (χ1n) is 11.6. The summed E-state index contributed by atoms with van der Waals surface area (Å²) < 4.78 is 0. The molecule has 0 aliphatic carbocycles. The van der Waals surface area contributed by atoms with Crippen LogP contribution < -0.4 is 0 Å². The number of nitrogens with zero attached hydrogens (tertiary/aromatic N) is 4. The lowest BCUT2D eigenvalue weighted by atomic mass is 9.87. The average Bonchev–Trinajstić information content (AvgIpc) is 3.29. The van der Waals surface area contributed by atoms with Gasteiger partial charge >= 0.3 is 0 Å². The zero-order chi connectivity index (χ0) is 20.1. The fourth-order valence-corrected chi connectivity index (χ4v) is 5.32. The average molecular weight is 399 g/mol. The Hall–Kier alpha value is -1.43. The molecule has 5 nitrogen and oxygen atoms in total. The van der Waals surface area contributed by atoms with Crippen molar-refractivity contribution in [1.82, 2.24) is 19.6 Å². The third-order valence-electron chi connectivity index (χ3n) is 7.05. The highest BCUT2D eigenvalue weighted by Gasteiger charge is 2.35. The summed E-state index contributed by atoms with van der Waals surface area (Å²) in [6, 6.07) is 10.8. The molecule has 2 atom stereocenters. The highest BCUT2D eigenvalue weighted by Crippen LogP contribution is 2.26. The Morgan fingerprint density at radius 1 is 0.931 bits per heavy atom. The minimum absolute atomic E-state index is 0.190. The van der Waals surface area contributed by atoms with Crippen LogP contribution in [0.3, 0.4) is 0 Å². The normalized spacial score (nSPS) is 27.4. The summed E-state index contributed by atoms with van der Waals surface area (Å²) in [5, 5.41) is 0. The molecule has 5 heteroatoms. The lowest BCUT2D eigenvalue weighted by Crippen LogP contribution is -2.52. The minimum Gasteiger partial charge on any atom is -0.342 e. The van der Waals surface area contributed by atoms with Crippen LogP contribution in [0.2, 0.25) is 0 Å². The van der Waals surface area contributed by atoms with E-state index < -0.39 is 0 Å². The molecule has 0 N–H and O–H groups in total. The number of carbonyl (C=O) groups excluding carboxylic acids is 1. The Labute approximate surface area is 176 Å². The molecule has 0 aromatic heterocycles. The standard InChI is InChI=1S/C24H38N4O/c1-25-13-15-26(16-14-25)18-22-17-23(24(29)28-10-5-6-11-28)20-27(19-22)12-9-21-7-3-2-4-8-21/h2-4,7-8,22-23H,5-6,9-20H2,1H3/t22-,23-/m1/s1. The fraction of sp³-hybridized carbons (Fsp3) is 0.708. The summed E-state index contributed by atoms with van der Waals surface area (Å²) in [6.45, 7) is 10.9. The predicted octanol–water partition coefficient (Wildman–Crippen LogP) is 2.04. The Balaban J connectivity index is 1.37. The Bertz CT molecular complexity index is 638. The first-order chi connectivity index (χ1) is 14.2. The van der Waals surface area contributed by atoms with Gasteiger partial charge in [-0.05, 0) is 44.2 Å². The van der Waals surface area contributed by atoms with Crippen LogP contribution in [0.1, 0.15) is 24.8 Å². The summed E-state index contributed by atoms with van der Waals surface area (Å²) in [7, 11) is 2.22. The van der Waals surface area contributed by atoms with Gasteiger partial charge in [0.1, 0.15) is 0 Å². The van der Waals surface area contributed by atoms with Crippen molar-refractivity contribution in [3.63, 3.8) is 0 Å². The van der Waals surface area contributed by atoms with Gasteiger partial charge in [0.25, 0.3) is 0 Å². The van der Waals surface area contributed by atoms with Gasteiger partial charge in [-0.3, -0.25) is 4.79 Å². The summed E-state index contributed by atoms with van der Waals surface area (Å²) in [5.41, 5.74) is 1.40. The van der Waals surface area contributed by atoms with Gasteiger partial charge in [-0.15, -0.1) is 0 Å². The number of hydrogen-bond acceptors (Lipinski definition) is 4. The second-order valence-corrected chi connectivity index (χ2v) is 9.43. The van der Waals surface area contributed by atoms with Crippen molar-refractivity contribution in [1.29, 1.82) is 0 Å². The number of hydrogen-bond donors (Lipinski definition) is 0. The van der Waals surface area contributed by atoms with Crippen molar-refractivity contribution < 1.29 is 4.79 Å². The maximum absolute atomic E-state index is 13.2. The van der Waals surface area contributed by atoms with E-state index in [-0.39, 0.29) is 5.92 Å². The van der Waals surface area contributed by atoms with E-state index in [0.29, 0.717) is 11.8 Å². The molecule has 160 valence electrons. The van der Waals surface area contributed by atoms with Crippen LogP contribution in [-0.2, 0) is 11.2 Å². The number of rotatable bonds is 6. The van der Waals surface area contributed by atoms with Gasteiger partial charge in [-0.2, -0.15) is 0 Å². The van der Waals surface area contributed by atoms with Crippen LogP contribution in [-0.4, -0.2) is 98.0 Å². The summed E-state index contributed by atoms with van der Waals surface area (Å²) in [5.74, 6) is 1.23. The lowest BCUT2D eigenvalue weighted by Gasteiger charge is -2.41. The van der Waals surface area contributed by atoms with E-state index in [0.717, 1.165) is 52.1 Å². The molecule has 3 aliphatic heterocycles. The van der Waals surface area contributed by atoms with E-state index in [2.05, 4.69) is 57.0 Å². The largest absolute Gasteiger partial charge is 0.342 e. The minimum atomic E-state index is 0.190. The van der Waals surface area contributed by atoms with Crippen LogP contribution in [0.5, 0.6) is 0 Å². The van der Waals surface area contributed by atoms with Crippen molar-refractivity contribution in [2.75, 3.05) is 72.5 Å². The first kappa shape index (κ1) is 20.8. The Kier molecular flexibility index (Phi) is 7.22. The molecule has 1 aromatic carbocycles. The molecule has 4 rings (SSSR count). The second-order valence-electron chi connectivity index (χ2n) is 9.43. The molecule has 0 unspecified atom stereocenters. The van der Waals surface area contributed by atoms with E-state index in [1.807, 2.05) is 0 Å². The smallest absolute Gasteiger partial charge is 0.226 e. The summed E-state index contributed by atoms with van der Waals surface area (Å²) in [6.07, 6.45) is 4.51. The number of likely N-dealkylation sites (tertiary alicyclic amines) is 2. The van der Waals surface area contributed by atoms with Crippen LogP contribution in [0.15, 0.2) is 30.3 Å². The first-order valence-corrected chi connectivity index (χ1v) is 11.6. The summed E-state index contributed by atoms with van der Waals surface area (Å²) in [4.78, 5) is 22.9. The van der Waals surface area contributed by atoms with Crippen LogP contribution >= 0.6 is 0 Å². The molecular formula is C24H38N4O. The van der Waals surface area contributed by atoms with Crippen molar-refractivity contribution in [3.8, 4) is 0 Å². The van der Waals surface area contributed by atoms with Crippen molar-refractivity contribution in [2.45, 2.75) is 25.7 Å². The Morgan fingerprint density at radius 2 is 1.66 bits per heavy atom. The van der Waals surface area contributed by atoms with Gasteiger partial charge in [0.2, 0.25) is 5.91 Å². The molecule has 1 aromatic rings. The van der Waals surface area contributed by atoms with E-state index in [1.54, 1.807) is 0 Å². The predicted molar refractivity (Wildman–Crippen MR) is 118 cm³/mol. The highest BCUT2D eigenvalue weighted by atomic mass is 16.2. The van der Waals surface area contributed by atoms with E-state index in [1.165, 1.54) is 44.6 Å². The zero-order valence-electron chi connectivity index (χ0n) is 18.1. The molecule has 0 radical (unpaired) electrons. The van der Waals surface area contributed by atoms with Gasteiger partial charge in [0.05, 0.1) is 5.92 Å². The Morgan fingerprint density at radius 3 is 2.38 bits per heavy atom. The molecule has 0 saturated carbocycles. The number of carbonyl (C=O) groups is 1. The molecule has 1 amide bonds. The number of benzene rings is 1. The molecule has 29 heavy (non-hydrogen) atoms. The molecule has 0 spiro atoms. The van der Waals surface area contributed by atoms with Crippen molar-refractivity contribution in [3.05, 3.63) is 35.9 Å². The molecular weight excluding hydrogens is 360 g/mol. The number of likely N-dealkylation sites (N-methyl/N-ethyl adjacent to an activating group) is 1. The third-order valence-corrected chi connectivity index (χ3v) is 7.05. The van der Waals surface area contributed by atoms with Gasteiger partial charge in [-0.25, -0.2) is 0 Å². The lowest BCUT2D eigenvalue weighted by molar-refractivity contribution is -0.137. The number of amides is 1. The van der Waals surface area contributed by atoms with Gasteiger partial charge in [-0.1, -0.05) is 30.3 Å². The molecule has 3 heterocycles. The van der Waals surface area contributed by atoms with Crippen molar-refractivity contribution >= 4 is 5.91 Å². The SMILES string of the molecule is CN1CCN(C[C@H]2C[C@@H](C(=O)N3CCCC3)CN(CCc3ccccc3)C2)CC1. The fourth-order valence-electron chi connectivity index (χ4n) is 5.32. The molecule has 3 saturated heterocycles. The monoisotopic (exact) mass is 398 g/mol. The van der Waals surface area contributed by atoms with Crippen LogP contribution in [0.25, 0.3) is 0 Å². The van der Waals surface area contributed by atoms with E-state index in [9.17, 15) is 4.79 Å². The number of piperazine rings is 1. The zero-order valence-corrected chi connectivity index (χ0v) is 18.1. The molecule has 3 fully saturated rings. The van der Waals surface area contributed by atoms with Gasteiger partial charge in [0, 0.05) is 65.4 Å². The van der Waals surface area contributed by atoms with E-state index >= 15 is 0 Å². The van der Waals surface area contributed by atoms with Crippen LogP contribution in [0, 0.1) is 11.8 Å². The molecule has 3 aliphatic rings. The second kappa shape index (κ2) is 10.1. The highest BCUT2D eigenvalue weighted by molar-refractivity contribution is 5.79. The quantitative estimate of drug-likeness (QED) is 0.734. The van der Waals surface area contributed by atoms with E-state index in [4.69, 9.17) is 0 Å². The topological polar surface area (TPSA) is 30.0 Å². The van der Waals surface area contributed by atoms with Crippen molar-refractivity contribution in [2.24, 2.45) is 11.8 Å². The van der Waals surface area contributed by atoms with Gasteiger partial charge < -0.3 is 19.6 Å². The maximum atomic E-state index is 13.2. The molecule has 0 bridgehead atoms. The van der Waals surface area contributed by atoms with Crippen LogP contribution in [0.4, 0.5) is 0 Å². The number of piperidine rings is 1. The third kappa shape index (κ3) is 5.80.